The zero-order valence-electron chi connectivity index (χ0n) is 8.06. The number of nitriles is 1. The second-order valence-electron chi connectivity index (χ2n) is 4.27. The van der Waals surface area contributed by atoms with Gasteiger partial charge in [-0.2, -0.15) is 5.26 Å². The van der Waals surface area contributed by atoms with Gasteiger partial charge in [0, 0.05) is 0 Å². The van der Waals surface area contributed by atoms with Crippen molar-refractivity contribution in [1.29, 1.82) is 5.26 Å². The average Bonchev–Trinajstić information content (AvgIpc) is 2.53. The zero-order chi connectivity index (χ0) is 9.03. The first-order valence-electron chi connectivity index (χ1n) is 4.80. The van der Waals surface area contributed by atoms with Crippen LogP contribution in [-0.4, -0.2) is 12.1 Å². The van der Waals surface area contributed by atoms with Crippen LogP contribution in [0.1, 0.15) is 39.5 Å². The first-order chi connectivity index (χ1) is 5.64. The smallest absolute Gasteiger partial charge is 0.101 e. The molecule has 68 valence electrons. The molecule has 0 bridgehead atoms. The zero-order valence-corrected chi connectivity index (χ0v) is 8.06. The summed E-state index contributed by atoms with van der Waals surface area (Å²) in [5, 5.41) is 12.0. The molecule has 0 aliphatic heterocycles. The minimum Gasteiger partial charge on any atom is -0.300 e. The molecule has 1 aliphatic carbocycles. The lowest BCUT2D eigenvalue weighted by atomic mass is 10.0. The number of hydrogen-bond donors (Lipinski definition) is 1. The fraction of sp³-hybridized carbons (Fsp3) is 0.900. The Hall–Kier alpha value is -0.550. The van der Waals surface area contributed by atoms with Gasteiger partial charge in [-0.1, -0.05) is 12.8 Å². The average molecular weight is 166 g/mol. The van der Waals surface area contributed by atoms with Crippen molar-refractivity contribution in [3.05, 3.63) is 0 Å². The van der Waals surface area contributed by atoms with E-state index in [2.05, 4.69) is 11.4 Å². The monoisotopic (exact) mass is 166 g/mol. The van der Waals surface area contributed by atoms with Crippen molar-refractivity contribution in [1.82, 2.24) is 5.32 Å². The van der Waals surface area contributed by atoms with Gasteiger partial charge in [-0.3, -0.25) is 5.32 Å². The summed E-state index contributed by atoms with van der Waals surface area (Å²) in [6.07, 6.45) is 5.43. The van der Waals surface area contributed by atoms with Crippen LogP contribution in [0.3, 0.4) is 0 Å². The lowest BCUT2D eigenvalue weighted by Crippen LogP contribution is -2.40. The van der Waals surface area contributed by atoms with E-state index in [-0.39, 0.29) is 5.54 Å². The number of nitrogens with one attached hydrogen (secondary N) is 1. The van der Waals surface area contributed by atoms with Gasteiger partial charge in [-0.25, -0.2) is 0 Å². The molecular formula is C10H18N2. The van der Waals surface area contributed by atoms with Crippen LogP contribution >= 0.6 is 0 Å². The molecular weight excluding hydrogens is 148 g/mol. The largest absolute Gasteiger partial charge is 0.300 e. The van der Waals surface area contributed by atoms with E-state index in [0.717, 1.165) is 12.5 Å². The van der Waals surface area contributed by atoms with Crippen molar-refractivity contribution in [2.75, 3.05) is 6.54 Å². The summed E-state index contributed by atoms with van der Waals surface area (Å²) < 4.78 is 0. The molecule has 1 saturated carbocycles. The Kier molecular flexibility index (Phi) is 3.11. The van der Waals surface area contributed by atoms with Gasteiger partial charge < -0.3 is 0 Å². The van der Waals surface area contributed by atoms with Crippen LogP contribution in [0.25, 0.3) is 0 Å². The molecule has 0 aromatic carbocycles. The third-order valence-corrected chi connectivity index (χ3v) is 2.59. The summed E-state index contributed by atoms with van der Waals surface area (Å²) in [6.45, 7) is 4.88. The van der Waals surface area contributed by atoms with Crippen molar-refractivity contribution in [3.63, 3.8) is 0 Å². The standard InChI is InChI=1S/C10H18N2/c1-10(2,8-11)12-7-9-5-3-4-6-9/h9,12H,3-7H2,1-2H3. The first-order valence-corrected chi connectivity index (χ1v) is 4.80. The number of rotatable bonds is 3. The summed E-state index contributed by atoms with van der Waals surface area (Å²) in [5.41, 5.74) is -0.345. The molecule has 1 fully saturated rings. The Morgan fingerprint density at radius 1 is 1.42 bits per heavy atom. The Morgan fingerprint density at radius 2 is 2.00 bits per heavy atom. The molecule has 2 nitrogen and oxygen atoms in total. The van der Waals surface area contributed by atoms with E-state index in [1.807, 2.05) is 13.8 Å². The highest BCUT2D eigenvalue weighted by atomic mass is 15.0. The minimum absolute atomic E-state index is 0.345. The van der Waals surface area contributed by atoms with E-state index >= 15 is 0 Å². The van der Waals surface area contributed by atoms with Crippen molar-refractivity contribution >= 4 is 0 Å². The van der Waals surface area contributed by atoms with Crippen LogP contribution in [0.4, 0.5) is 0 Å². The SMILES string of the molecule is CC(C)(C#N)NCC1CCCC1. The maximum atomic E-state index is 8.76. The Labute approximate surface area is 75.0 Å². The predicted octanol–water partition coefficient (Wildman–Crippen LogP) is 2.07. The van der Waals surface area contributed by atoms with Gasteiger partial charge in [0.1, 0.15) is 5.54 Å². The summed E-state index contributed by atoms with van der Waals surface area (Å²) in [7, 11) is 0. The van der Waals surface area contributed by atoms with E-state index in [9.17, 15) is 0 Å². The quantitative estimate of drug-likeness (QED) is 0.696. The van der Waals surface area contributed by atoms with Gasteiger partial charge in [0.05, 0.1) is 6.07 Å². The molecule has 0 atom stereocenters. The van der Waals surface area contributed by atoms with Crippen molar-refractivity contribution in [2.24, 2.45) is 5.92 Å². The molecule has 0 amide bonds. The summed E-state index contributed by atoms with van der Waals surface area (Å²) >= 11 is 0. The lowest BCUT2D eigenvalue weighted by Gasteiger charge is -2.20. The molecule has 0 saturated heterocycles. The molecule has 0 aromatic rings. The van der Waals surface area contributed by atoms with E-state index in [0.29, 0.717) is 0 Å². The molecule has 0 unspecified atom stereocenters. The van der Waals surface area contributed by atoms with E-state index in [4.69, 9.17) is 5.26 Å². The highest BCUT2D eigenvalue weighted by Crippen LogP contribution is 2.24. The van der Waals surface area contributed by atoms with Crippen LogP contribution in [0.2, 0.25) is 0 Å². The van der Waals surface area contributed by atoms with Crippen LogP contribution in [0.5, 0.6) is 0 Å². The van der Waals surface area contributed by atoms with Crippen LogP contribution in [0, 0.1) is 17.2 Å². The number of hydrogen-bond acceptors (Lipinski definition) is 2. The molecule has 0 aromatic heterocycles. The van der Waals surface area contributed by atoms with Crippen molar-refractivity contribution in [2.45, 2.75) is 45.1 Å². The molecule has 1 rings (SSSR count). The maximum absolute atomic E-state index is 8.76. The minimum atomic E-state index is -0.345. The highest BCUT2D eigenvalue weighted by molar-refractivity contribution is 5.00. The van der Waals surface area contributed by atoms with Crippen LogP contribution in [-0.2, 0) is 0 Å². The van der Waals surface area contributed by atoms with Gasteiger partial charge in [0.25, 0.3) is 0 Å². The molecule has 0 radical (unpaired) electrons. The maximum Gasteiger partial charge on any atom is 0.101 e. The molecule has 0 spiro atoms. The first kappa shape index (κ1) is 9.54. The molecule has 1 N–H and O–H groups in total. The van der Waals surface area contributed by atoms with Gasteiger partial charge in [0.15, 0.2) is 0 Å². The van der Waals surface area contributed by atoms with Crippen molar-refractivity contribution in [3.8, 4) is 6.07 Å². The lowest BCUT2D eigenvalue weighted by molar-refractivity contribution is 0.411. The second-order valence-corrected chi connectivity index (χ2v) is 4.27. The summed E-state index contributed by atoms with van der Waals surface area (Å²) in [4.78, 5) is 0. The second kappa shape index (κ2) is 3.91. The topological polar surface area (TPSA) is 35.8 Å². The molecule has 1 aliphatic rings. The van der Waals surface area contributed by atoms with E-state index in [1.165, 1.54) is 25.7 Å². The fourth-order valence-electron chi connectivity index (χ4n) is 1.65. The Bertz CT molecular complexity index is 173. The molecule has 0 heterocycles. The van der Waals surface area contributed by atoms with Gasteiger partial charge in [0.2, 0.25) is 0 Å². The number of nitrogens with zero attached hydrogens (tertiary/aromatic N) is 1. The third kappa shape index (κ3) is 2.83. The van der Waals surface area contributed by atoms with Crippen LogP contribution in [0.15, 0.2) is 0 Å². The Balaban J connectivity index is 2.21. The van der Waals surface area contributed by atoms with Gasteiger partial charge in [-0.15, -0.1) is 0 Å². The summed E-state index contributed by atoms with van der Waals surface area (Å²) in [5.74, 6) is 0.817. The van der Waals surface area contributed by atoms with Crippen molar-refractivity contribution < 1.29 is 0 Å². The fourth-order valence-corrected chi connectivity index (χ4v) is 1.65. The van der Waals surface area contributed by atoms with Gasteiger partial charge in [-0.05, 0) is 39.2 Å². The van der Waals surface area contributed by atoms with Crippen LogP contribution < -0.4 is 5.32 Å². The predicted molar refractivity (Wildman–Crippen MR) is 49.7 cm³/mol. The third-order valence-electron chi connectivity index (χ3n) is 2.59. The summed E-state index contributed by atoms with van der Waals surface area (Å²) in [6, 6.07) is 2.25. The normalized spacial score (nSPS) is 19.4. The molecule has 12 heavy (non-hydrogen) atoms. The molecule has 2 heteroatoms. The highest BCUT2D eigenvalue weighted by Gasteiger charge is 2.20. The van der Waals surface area contributed by atoms with E-state index < -0.39 is 0 Å². The van der Waals surface area contributed by atoms with E-state index in [1.54, 1.807) is 0 Å². The van der Waals surface area contributed by atoms with Gasteiger partial charge >= 0.3 is 0 Å². The Morgan fingerprint density at radius 3 is 2.50 bits per heavy atom.